The van der Waals surface area contributed by atoms with Crippen LogP contribution in [0.1, 0.15) is 11.1 Å². The number of rotatable bonds is 4. The van der Waals surface area contributed by atoms with Gasteiger partial charge in [0.15, 0.2) is 0 Å². The SMILES string of the molecule is CNN=Cc1ccc(Oc2ccccc2)c(C(F)(F)F)c1. The second-order valence-electron chi connectivity index (χ2n) is 4.15. The maximum absolute atomic E-state index is 13.1. The molecular weight excluding hydrogens is 281 g/mol. The molecule has 21 heavy (non-hydrogen) atoms. The number of benzene rings is 2. The Morgan fingerprint density at radius 2 is 1.81 bits per heavy atom. The Balaban J connectivity index is 2.38. The zero-order chi connectivity index (χ0) is 15.3. The van der Waals surface area contributed by atoms with Gasteiger partial charge in [-0.15, -0.1) is 0 Å². The molecule has 0 fully saturated rings. The van der Waals surface area contributed by atoms with Crippen LogP contribution in [0.4, 0.5) is 13.2 Å². The maximum Gasteiger partial charge on any atom is 0.420 e. The van der Waals surface area contributed by atoms with Gasteiger partial charge in [-0.2, -0.15) is 18.3 Å². The molecule has 110 valence electrons. The van der Waals surface area contributed by atoms with Gasteiger partial charge in [0.1, 0.15) is 11.5 Å². The largest absolute Gasteiger partial charge is 0.457 e. The molecule has 0 saturated carbocycles. The third-order valence-electron chi connectivity index (χ3n) is 2.62. The molecule has 0 unspecified atom stereocenters. The van der Waals surface area contributed by atoms with Crippen molar-refractivity contribution < 1.29 is 17.9 Å². The van der Waals surface area contributed by atoms with Crippen molar-refractivity contribution >= 4 is 6.21 Å². The summed E-state index contributed by atoms with van der Waals surface area (Å²) in [6.07, 6.45) is -3.20. The minimum atomic E-state index is -4.51. The molecule has 6 heteroatoms. The molecule has 2 rings (SSSR count). The highest BCUT2D eigenvalue weighted by Gasteiger charge is 2.34. The van der Waals surface area contributed by atoms with Crippen LogP contribution in [0.15, 0.2) is 53.6 Å². The number of hydrogen-bond acceptors (Lipinski definition) is 3. The van der Waals surface area contributed by atoms with Crippen molar-refractivity contribution in [3.63, 3.8) is 0 Å². The predicted octanol–water partition coefficient (Wildman–Crippen LogP) is 4.05. The highest BCUT2D eigenvalue weighted by Crippen LogP contribution is 2.38. The van der Waals surface area contributed by atoms with E-state index < -0.39 is 11.7 Å². The summed E-state index contributed by atoms with van der Waals surface area (Å²) in [7, 11) is 1.56. The van der Waals surface area contributed by atoms with Gasteiger partial charge in [0.25, 0.3) is 0 Å². The molecule has 2 aromatic rings. The van der Waals surface area contributed by atoms with Crippen molar-refractivity contribution in [2.75, 3.05) is 7.05 Å². The number of halogens is 3. The number of nitrogens with one attached hydrogen (secondary N) is 1. The van der Waals surface area contributed by atoms with Crippen LogP contribution in [-0.4, -0.2) is 13.3 Å². The summed E-state index contributed by atoms with van der Waals surface area (Å²) in [5, 5.41) is 3.70. The molecule has 0 heterocycles. The van der Waals surface area contributed by atoms with Gasteiger partial charge in [-0.25, -0.2) is 0 Å². The van der Waals surface area contributed by atoms with Gasteiger partial charge < -0.3 is 10.2 Å². The Hall–Kier alpha value is -2.50. The average Bonchev–Trinajstić information content (AvgIpc) is 2.46. The Bertz CT molecular complexity index is 625. The lowest BCUT2D eigenvalue weighted by Gasteiger charge is -2.14. The summed E-state index contributed by atoms with van der Waals surface area (Å²) < 4.78 is 44.7. The Morgan fingerprint density at radius 1 is 1.10 bits per heavy atom. The number of para-hydroxylation sites is 1. The molecule has 0 spiro atoms. The average molecular weight is 294 g/mol. The van der Waals surface area contributed by atoms with Crippen molar-refractivity contribution in [2.45, 2.75) is 6.18 Å². The Labute approximate surface area is 120 Å². The van der Waals surface area contributed by atoms with Crippen LogP contribution < -0.4 is 10.2 Å². The highest BCUT2D eigenvalue weighted by molar-refractivity contribution is 5.80. The van der Waals surface area contributed by atoms with Crippen LogP contribution >= 0.6 is 0 Å². The first-order chi connectivity index (χ1) is 10.0. The van der Waals surface area contributed by atoms with E-state index in [4.69, 9.17) is 4.74 Å². The molecule has 0 aromatic heterocycles. The number of hydrogen-bond donors (Lipinski definition) is 1. The van der Waals surface area contributed by atoms with Crippen LogP contribution in [0.5, 0.6) is 11.5 Å². The van der Waals surface area contributed by atoms with Crippen LogP contribution in [0.25, 0.3) is 0 Å². The van der Waals surface area contributed by atoms with Crippen molar-refractivity contribution in [1.29, 1.82) is 0 Å². The van der Waals surface area contributed by atoms with Crippen LogP contribution in [0.3, 0.4) is 0 Å². The Morgan fingerprint density at radius 3 is 2.43 bits per heavy atom. The van der Waals surface area contributed by atoms with Gasteiger partial charge >= 0.3 is 6.18 Å². The number of alkyl halides is 3. The van der Waals surface area contributed by atoms with Gasteiger partial charge in [0, 0.05) is 7.05 Å². The van der Waals surface area contributed by atoms with Crippen LogP contribution in [0.2, 0.25) is 0 Å². The summed E-state index contributed by atoms with van der Waals surface area (Å²) in [6.45, 7) is 0. The fraction of sp³-hybridized carbons (Fsp3) is 0.133. The summed E-state index contributed by atoms with van der Waals surface area (Å²) in [5.41, 5.74) is 1.98. The molecule has 0 atom stereocenters. The lowest BCUT2D eigenvalue weighted by molar-refractivity contribution is -0.138. The quantitative estimate of drug-likeness (QED) is 0.681. The lowest BCUT2D eigenvalue weighted by atomic mass is 10.1. The molecule has 2 aromatic carbocycles. The molecule has 0 amide bonds. The lowest BCUT2D eigenvalue weighted by Crippen LogP contribution is -2.08. The number of ether oxygens (including phenoxy) is 1. The summed E-state index contributed by atoms with van der Waals surface area (Å²) >= 11 is 0. The fourth-order valence-corrected chi connectivity index (χ4v) is 1.69. The van der Waals surface area contributed by atoms with E-state index >= 15 is 0 Å². The summed E-state index contributed by atoms with van der Waals surface area (Å²) in [4.78, 5) is 0. The van der Waals surface area contributed by atoms with Gasteiger partial charge in [-0.3, -0.25) is 0 Å². The van der Waals surface area contributed by atoms with Gasteiger partial charge in [-0.05, 0) is 35.9 Å². The van der Waals surface area contributed by atoms with Crippen molar-refractivity contribution in [3.05, 3.63) is 59.7 Å². The van der Waals surface area contributed by atoms with Crippen molar-refractivity contribution in [1.82, 2.24) is 5.43 Å². The van der Waals surface area contributed by atoms with Gasteiger partial charge in [-0.1, -0.05) is 18.2 Å². The molecule has 1 N–H and O–H groups in total. The Kier molecular flexibility index (Phi) is 4.47. The monoisotopic (exact) mass is 294 g/mol. The van der Waals surface area contributed by atoms with E-state index in [1.165, 1.54) is 18.3 Å². The van der Waals surface area contributed by atoms with Crippen LogP contribution in [-0.2, 0) is 6.18 Å². The van der Waals surface area contributed by atoms with E-state index in [1.807, 2.05) is 0 Å². The van der Waals surface area contributed by atoms with Crippen molar-refractivity contribution in [2.24, 2.45) is 5.10 Å². The van der Waals surface area contributed by atoms with Gasteiger partial charge in [0.2, 0.25) is 0 Å². The van der Waals surface area contributed by atoms with Crippen LogP contribution in [0, 0.1) is 0 Å². The smallest absolute Gasteiger partial charge is 0.420 e. The van der Waals surface area contributed by atoms with E-state index in [2.05, 4.69) is 10.5 Å². The van der Waals surface area contributed by atoms with E-state index in [1.54, 1.807) is 37.4 Å². The topological polar surface area (TPSA) is 33.6 Å². The molecule has 0 saturated heterocycles. The van der Waals surface area contributed by atoms with Gasteiger partial charge in [0.05, 0.1) is 11.8 Å². The fourth-order valence-electron chi connectivity index (χ4n) is 1.69. The third kappa shape index (κ3) is 3.98. The molecule has 3 nitrogen and oxygen atoms in total. The summed E-state index contributed by atoms with van der Waals surface area (Å²) in [6, 6.07) is 12.1. The summed E-state index contributed by atoms with van der Waals surface area (Å²) in [5.74, 6) is 0.106. The first-order valence-electron chi connectivity index (χ1n) is 6.14. The third-order valence-corrected chi connectivity index (χ3v) is 2.62. The van der Waals surface area contributed by atoms with Crippen molar-refractivity contribution in [3.8, 4) is 11.5 Å². The minimum absolute atomic E-state index is 0.240. The molecule has 0 aliphatic carbocycles. The first-order valence-corrected chi connectivity index (χ1v) is 6.14. The predicted molar refractivity (Wildman–Crippen MR) is 74.6 cm³/mol. The van der Waals surface area contributed by atoms with E-state index in [9.17, 15) is 13.2 Å². The molecule has 0 radical (unpaired) electrons. The molecular formula is C15H13F3N2O. The molecule has 0 aliphatic rings. The zero-order valence-electron chi connectivity index (χ0n) is 11.2. The molecule has 0 bridgehead atoms. The van der Waals surface area contributed by atoms with E-state index in [0.717, 1.165) is 6.07 Å². The number of nitrogens with zero attached hydrogens (tertiary/aromatic N) is 1. The normalized spacial score (nSPS) is 11.6. The first kappa shape index (κ1) is 14.9. The zero-order valence-corrected chi connectivity index (χ0v) is 11.2. The van der Waals surface area contributed by atoms with E-state index in [0.29, 0.717) is 11.3 Å². The maximum atomic E-state index is 13.1. The second-order valence-corrected chi connectivity index (χ2v) is 4.15. The second kappa shape index (κ2) is 6.30. The number of hydrazone groups is 1. The van der Waals surface area contributed by atoms with E-state index in [-0.39, 0.29) is 5.75 Å². The highest BCUT2D eigenvalue weighted by atomic mass is 19.4. The minimum Gasteiger partial charge on any atom is -0.457 e. The standard InChI is InChI=1S/C15H13F3N2O/c1-19-20-10-11-7-8-14(13(9-11)15(16,17)18)21-12-5-3-2-4-6-12/h2-10,19H,1H3. The molecule has 0 aliphatic heterocycles.